The molecular weight excluding hydrogens is 382 g/mol. The second-order valence-corrected chi connectivity index (χ2v) is 6.65. The summed E-state index contributed by atoms with van der Waals surface area (Å²) in [5, 5.41) is 18.6. The van der Waals surface area contributed by atoms with Crippen molar-refractivity contribution in [1.29, 1.82) is 0 Å². The number of carbonyl (C=O) groups is 2. The third-order valence-corrected chi connectivity index (χ3v) is 4.95. The van der Waals surface area contributed by atoms with Crippen molar-refractivity contribution in [1.82, 2.24) is 10.2 Å². The third-order valence-electron chi connectivity index (χ3n) is 4.27. The van der Waals surface area contributed by atoms with E-state index in [0.717, 1.165) is 11.3 Å². The quantitative estimate of drug-likeness (QED) is 0.636. The Morgan fingerprint density at radius 1 is 1.32 bits per heavy atom. The fourth-order valence-corrected chi connectivity index (χ4v) is 3.72. The number of benzene rings is 1. The van der Waals surface area contributed by atoms with Crippen molar-refractivity contribution >= 4 is 28.2 Å². The number of nitrogens with zero attached hydrogens (tertiary/aromatic N) is 3. The highest BCUT2D eigenvalue weighted by Crippen LogP contribution is 2.44. The summed E-state index contributed by atoms with van der Waals surface area (Å²) in [6.07, 6.45) is 1.35. The highest BCUT2D eigenvalue weighted by Gasteiger charge is 2.47. The van der Waals surface area contributed by atoms with Gasteiger partial charge in [-0.2, -0.15) is 0 Å². The average molecular weight is 397 g/mol. The van der Waals surface area contributed by atoms with Crippen LogP contribution in [-0.4, -0.2) is 33.6 Å². The zero-order chi connectivity index (χ0) is 19.7. The predicted molar refractivity (Wildman–Crippen MR) is 100 cm³/mol. The van der Waals surface area contributed by atoms with Crippen molar-refractivity contribution in [2.75, 3.05) is 11.5 Å². The monoisotopic (exact) mass is 397 g/mol. The molecule has 0 fully saturated rings. The van der Waals surface area contributed by atoms with Crippen molar-refractivity contribution in [2.45, 2.75) is 13.0 Å². The maximum Gasteiger partial charge on any atom is 0.296 e. The van der Waals surface area contributed by atoms with E-state index in [1.165, 1.54) is 22.7 Å². The molecule has 0 bridgehead atoms. The van der Waals surface area contributed by atoms with E-state index in [1.54, 1.807) is 30.3 Å². The standard InChI is InChI=1S/C19H15N3O5S/c1-2-26-12-7-4-3-6-11(12)15-14(16(23)13-8-5-9-27-13)17(24)18(25)22(15)19-21-20-10-28-19/h3-10,15,24H,2H2,1H3. The first-order valence-corrected chi connectivity index (χ1v) is 9.34. The Bertz CT molecular complexity index is 1040. The van der Waals surface area contributed by atoms with Gasteiger partial charge in [0.05, 0.1) is 18.4 Å². The van der Waals surface area contributed by atoms with Crippen LogP contribution in [0.3, 0.4) is 0 Å². The van der Waals surface area contributed by atoms with Gasteiger partial charge in [-0.1, -0.05) is 29.5 Å². The van der Waals surface area contributed by atoms with E-state index >= 15 is 0 Å². The van der Waals surface area contributed by atoms with Gasteiger partial charge in [-0.05, 0) is 25.1 Å². The lowest BCUT2D eigenvalue weighted by Crippen LogP contribution is -2.31. The lowest BCUT2D eigenvalue weighted by molar-refractivity contribution is -0.117. The molecule has 8 nitrogen and oxygen atoms in total. The first-order chi connectivity index (χ1) is 13.6. The van der Waals surface area contributed by atoms with E-state index in [2.05, 4.69) is 10.2 Å². The molecule has 1 amide bonds. The Kier molecular flexibility index (Phi) is 4.66. The zero-order valence-electron chi connectivity index (χ0n) is 14.7. The number of aliphatic hydroxyl groups excluding tert-OH is 1. The van der Waals surface area contributed by atoms with Gasteiger partial charge in [0.15, 0.2) is 11.5 Å². The Morgan fingerprint density at radius 2 is 2.14 bits per heavy atom. The minimum absolute atomic E-state index is 0.0207. The van der Waals surface area contributed by atoms with Crippen LogP contribution in [0.2, 0.25) is 0 Å². The smallest absolute Gasteiger partial charge is 0.296 e. The van der Waals surface area contributed by atoms with Gasteiger partial charge < -0.3 is 14.3 Å². The Balaban J connectivity index is 1.91. The van der Waals surface area contributed by atoms with E-state index in [9.17, 15) is 14.7 Å². The molecule has 2 aromatic heterocycles. The van der Waals surface area contributed by atoms with Gasteiger partial charge in [-0.3, -0.25) is 14.5 Å². The van der Waals surface area contributed by atoms with Crippen LogP contribution in [0.1, 0.15) is 29.1 Å². The SMILES string of the molecule is CCOc1ccccc1C1C(C(=O)c2ccco2)=C(O)C(=O)N1c1nncs1. The van der Waals surface area contributed by atoms with Gasteiger partial charge in [0.1, 0.15) is 17.3 Å². The van der Waals surface area contributed by atoms with Gasteiger partial charge in [-0.25, -0.2) is 0 Å². The number of furan rings is 1. The van der Waals surface area contributed by atoms with Crippen molar-refractivity contribution in [3.63, 3.8) is 0 Å². The summed E-state index contributed by atoms with van der Waals surface area (Å²) < 4.78 is 10.9. The van der Waals surface area contributed by atoms with Crippen molar-refractivity contribution < 1.29 is 23.8 Å². The fraction of sp³-hybridized carbons (Fsp3) is 0.158. The normalized spacial score (nSPS) is 16.7. The summed E-state index contributed by atoms with van der Waals surface area (Å²) in [5.74, 6) is -1.45. The molecule has 0 radical (unpaired) electrons. The number of Topliss-reactive ketones (excluding diaryl/α,β-unsaturated/α-hetero) is 1. The minimum Gasteiger partial charge on any atom is -0.503 e. The van der Waals surface area contributed by atoms with E-state index in [4.69, 9.17) is 9.15 Å². The Labute approximate surface area is 163 Å². The van der Waals surface area contributed by atoms with Gasteiger partial charge in [0.2, 0.25) is 10.9 Å². The van der Waals surface area contributed by atoms with Crippen molar-refractivity contribution in [2.24, 2.45) is 0 Å². The maximum absolute atomic E-state index is 13.1. The molecule has 3 heterocycles. The molecule has 1 N–H and O–H groups in total. The van der Waals surface area contributed by atoms with Crippen molar-refractivity contribution in [3.05, 3.63) is 70.8 Å². The Hall–Kier alpha value is -3.46. The van der Waals surface area contributed by atoms with Crippen molar-refractivity contribution in [3.8, 4) is 5.75 Å². The number of ketones is 1. The number of aliphatic hydroxyl groups is 1. The number of ether oxygens (including phenoxy) is 1. The molecule has 1 aliphatic heterocycles. The minimum atomic E-state index is -0.930. The first kappa shape index (κ1) is 17.9. The highest BCUT2D eigenvalue weighted by molar-refractivity contribution is 7.13. The van der Waals surface area contributed by atoms with Crippen LogP contribution < -0.4 is 9.64 Å². The van der Waals surface area contributed by atoms with Crippen LogP contribution in [0, 0.1) is 0 Å². The molecule has 1 aromatic carbocycles. The second kappa shape index (κ2) is 7.28. The van der Waals surface area contributed by atoms with Crippen LogP contribution in [0.25, 0.3) is 0 Å². The maximum atomic E-state index is 13.1. The van der Waals surface area contributed by atoms with Crippen LogP contribution in [0.15, 0.2) is 63.9 Å². The predicted octanol–water partition coefficient (Wildman–Crippen LogP) is 3.31. The zero-order valence-corrected chi connectivity index (χ0v) is 15.5. The topological polar surface area (TPSA) is 106 Å². The number of aromatic nitrogens is 2. The largest absolute Gasteiger partial charge is 0.503 e. The number of rotatable bonds is 6. The van der Waals surface area contributed by atoms with E-state index in [1.807, 2.05) is 6.92 Å². The lowest BCUT2D eigenvalue weighted by atomic mass is 9.94. The van der Waals surface area contributed by atoms with Gasteiger partial charge in [0.25, 0.3) is 5.91 Å². The summed E-state index contributed by atoms with van der Waals surface area (Å²) in [6, 6.07) is 9.15. The average Bonchev–Trinajstić information content (AvgIpc) is 3.45. The molecular formula is C19H15N3O5S. The molecule has 1 aliphatic rings. The molecule has 28 heavy (non-hydrogen) atoms. The third kappa shape index (κ3) is 2.85. The van der Waals surface area contributed by atoms with Crippen LogP contribution in [0.4, 0.5) is 5.13 Å². The van der Waals surface area contributed by atoms with Crippen LogP contribution in [-0.2, 0) is 4.79 Å². The van der Waals surface area contributed by atoms with Gasteiger partial charge in [0, 0.05) is 5.56 Å². The number of carbonyl (C=O) groups excluding carboxylic acids is 2. The molecule has 9 heteroatoms. The number of anilines is 1. The summed E-state index contributed by atoms with van der Waals surface area (Å²) in [7, 11) is 0. The summed E-state index contributed by atoms with van der Waals surface area (Å²) in [6.45, 7) is 2.23. The summed E-state index contributed by atoms with van der Waals surface area (Å²) in [5.41, 5.74) is 1.92. The molecule has 142 valence electrons. The first-order valence-electron chi connectivity index (χ1n) is 8.46. The number of amides is 1. The van der Waals surface area contributed by atoms with Gasteiger partial charge >= 0.3 is 0 Å². The molecule has 0 spiro atoms. The molecule has 0 aliphatic carbocycles. The lowest BCUT2D eigenvalue weighted by Gasteiger charge is -2.25. The molecule has 1 unspecified atom stereocenters. The van der Waals surface area contributed by atoms with E-state index < -0.39 is 23.5 Å². The second-order valence-electron chi connectivity index (χ2n) is 5.84. The molecule has 4 rings (SSSR count). The van der Waals surface area contributed by atoms with E-state index in [-0.39, 0.29) is 16.5 Å². The van der Waals surface area contributed by atoms with Gasteiger partial charge in [-0.15, -0.1) is 10.2 Å². The highest BCUT2D eigenvalue weighted by atomic mass is 32.1. The Morgan fingerprint density at radius 3 is 2.82 bits per heavy atom. The molecule has 0 saturated heterocycles. The molecule has 0 saturated carbocycles. The summed E-state index contributed by atoms with van der Waals surface area (Å²) >= 11 is 1.12. The van der Waals surface area contributed by atoms with E-state index in [0.29, 0.717) is 17.9 Å². The number of hydrogen-bond acceptors (Lipinski definition) is 8. The summed E-state index contributed by atoms with van der Waals surface area (Å²) in [4.78, 5) is 27.2. The molecule has 1 atom stereocenters. The van der Waals surface area contributed by atoms with Crippen LogP contribution in [0.5, 0.6) is 5.75 Å². The molecule has 3 aromatic rings. The number of hydrogen-bond donors (Lipinski definition) is 1. The fourth-order valence-electron chi connectivity index (χ4n) is 3.13. The van der Waals surface area contributed by atoms with Crippen LogP contribution >= 0.6 is 11.3 Å². The number of para-hydroxylation sites is 1.